The van der Waals surface area contributed by atoms with Crippen molar-refractivity contribution in [3.8, 4) is 28.7 Å². The van der Waals surface area contributed by atoms with Crippen LogP contribution in [0.15, 0.2) is 110 Å². The number of carboxylic acid groups (broad SMARTS) is 1. The van der Waals surface area contributed by atoms with E-state index in [4.69, 9.17) is 39.7 Å². The van der Waals surface area contributed by atoms with Crippen LogP contribution in [-0.4, -0.2) is 170 Å². The molecule has 5 amide bonds. The number of thioether (sulfide) groups is 1. The highest BCUT2D eigenvalue weighted by Crippen LogP contribution is 2.42. The maximum Gasteiger partial charge on any atom is 0.513 e. The van der Waals surface area contributed by atoms with Gasteiger partial charge in [0.1, 0.15) is 23.2 Å². The van der Waals surface area contributed by atoms with Crippen LogP contribution in [-0.2, 0) is 49.4 Å². The molecule has 1 unspecified atom stereocenters. The first-order valence-electron chi connectivity index (χ1n) is 25.7. The summed E-state index contributed by atoms with van der Waals surface area (Å²) in [5.74, 6) is -10.3. The van der Waals surface area contributed by atoms with E-state index in [0.717, 1.165) is 80.2 Å². The number of para-hydroxylation sites is 3. The Morgan fingerprint density at radius 2 is 1.15 bits per heavy atom. The molecule has 0 saturated carbocycles. The van der Waals surface area contributed by atoms with Crippen LogP contribution >= 0.6 is 23.4 Å². The molecular formula is C55H51ClN6O25S. The van der Waals surface area contributed by atoms with E-state index in [1.165, 1.54) is 60.7 Å². The highest BCUT2D eigenvalue weighted by molar-refractivity contribution is 8.00. The number of carbonyl (C=O) groups excluding carboxylic acids is 10. The quantitative estimate of drug-likeness (QED) is 0.0370. The predicted octanol–water partition coefficient (Wildman–Crippen LogP) is 4.54. The van der Waals surface area contributed by atoms with Gasteiger partial charge in [-0.25, -0.2) is 38.1 Å². The van der Waals surface area contributed by atoms with Crippen LogP contribution in [0.1, 0.15) is 45.2 Å². The number of benzene rings is 4. The zero-order valence-corrected chi connectivity index (χ0v) is 48.4. The number of β-lactam (4-membered cyclic amide) rings is 1. The molecule has 1 saturated heterocycles. The van der Waals surface area contributed by atoms with Gasteiger partial charge in [-0.1, -0.05) is 60.1 Å². The van der Waals surface area contributed by atoms with E-state index in [1.807, 2.05) is 0 Å². The second-order valence-corrected chi connectivity index (χ2v) is 19.7. The molecule has 1 fully saturated rings. The second-order valence-electron chi connectivity index (χ2n) is 18.1. The van der Waals surface area contributed by atoms with Crippen molar-refractivity contribution in [1.29, 1.82) is 0 Å². The summed E-state index contributed by atoms with van der Waals surface area (Å²) in [6.45, 7) is -2.76. The Morgan fingerprint density at radius 3 is 1.70 bits per heavy atom. The van der Waals surface area contributed by atoms with Gasteiger partial charge in [0.15, 0.2) is 34.3 Å². The number of aliphatic carboxylic acids is 1. The van der Waals surface area contributed by atoms with Gasteiger partial charge in [0.25, 0.3) is 23.3 Å². The number of methoxy groups -OCH3 is 5. The lowest BCUT2D eigenvalue weighted by Gasteiger charge is -2.49. The number of nitrogens with one attached hydrogen (secondary N) is 2. The van der Waals surface area contributed by atoms with E-state index in [0.29, 0.717) is 4.57 Å². The molecule has 0 bridgehead atoms. The maximum absolute atomic E-state index is 15.0. The highest BCUT2D eigenvalue weighted by Gasteiger charge is 2.54. The number of nitrogens with zero attached hydrogens (tertiary/aromatic N) is 4. The number of carbonyl (C=O) groups is 11. The topological polar surface area (TPSA) is 386 Å². The van der Waals surface area contributed by atoms with Gasteiger partial charge in [-0.15, -0.1) is 11.8 Å². The molecule has 464 valence electrons. The van der Waals surface area contributed by atoms with E-state index in [-0.39, 0.29) is 52.5 Å². The summed E-state index contributed by atoms with van der Waals surface area (Å²) < 4.78 is 55.1. The minimum Gasteiger partial charge on any atom is -0.477 e. The number of halogens is 1. The molecule has 0 aliphatic carbocycles. The SMILES string of the molecule is COC(=O)Oc1cccc(C(=O)N(CCCN(CC(=O)NC(C(=O)N[C@@H]2C(=O)N3C(C(=O)O)=C(Cl)CS[C@H]23)c2ccccc2)C(=O)c2cccc(OC(=O)OC)c2OC(=O)OC)CCCn2c(=O)oc3c(OC(=O)OC)cccc3c2=O)c1OC(=O)OC. The average molecular weight is 1260 g/mol. The molecule has 31 nitrogen and oxygen atoms in total. The van der Waals surface area contributed by atoms with E-state index >= 15 is 4.79 Å². The van der Waals surface area contributed by atoms with Crippen LogP contribution in [0.2, 0.25) is 0 Å². The first-order chi connectivity index (χ1) is 42.1. The van der Waals surface area contributed by atoms with Crippen LogP contribution in [0.5, 0.6) is 28.7 Å². The summed E-state index contributed by atoms with van der Waals surface area (Å²) in [6, 6.07) is 15.6. The third kappa shape index (κ3) is 15.1. The van der Waals surface area contributed by atoms with Crippen molar-refractivity contribution in [3.63, 3.8) is 0 Å². The minimum atomic E-state index is -1.60. The van der Waals surface area contributed by atoms with E-state index in [2.05, 4.69) is 34.3 Å². The minimum absolute atomic E-state index is 0.00270. The number of fused-ring (bicyclic) bond motifs is 2. The molecule has 2 aliphatic rings. The van der Waals surface area contributed by atoms with Gasteiger partial charge in [-0.2, -0.15) is 0 Å². The van der Waals surface area contributed by atoms with Crippen molar-refractivity contribution in [2.45, 2.75) is 36.8 Å². The first-order valence-corrected chi connectivity index (χ1v) is 27.1. The highest BCUT2D eigenvalue weighted by atomic mass is 35.5. The fraction of sp³-hybridized carbons (Fsp3) is 0.291. The number of ether oxygens (including phenoxy) is 10. The Kier molecular flexibility index (Phi) is 21.7. The Balaban J connectivity index is 1.24. The maximum atomic E-state index is 15.0. The van der Waals surface area contributed by atoms with Crippen LogP contribution < -0.4 is 45.6 Å². The third-order valence-electron chi connectivity index (χ3n) is 12.8. The van der Waals surface area contributed by atoms with Crippen LogP contribution in [0.25, 0.3) is 11.0 Å². The molecule has 3 heterocycles. The summed E-state index contributed by atoms with van der Waals surface area (Å²) in [6.07, 6.45) is -7.13. The third-order valence-corrected chi connectivity index (χ3v) is 14.5. The average Bonchev–Trinajstić information content (AvgIpc) is 0.964. The van der Waals surface area contributed by atoms with Gasteiger partial charge < -0.3 is 77.3 Å². The molecular weight excluding hydrogens is 1210 g/mol. The molecule has 2 aliphatic heterocycles. The smallest absolute Gasteiger partial charge is 0.477 e. The monoisotopic (exact) mass is 1260 g/mol. The number of hydrogen-bond donors (Lipinski definition) is 3. The molecule has 4 aromatic carbocycles. The van der Waals surface area contributed by atoms with Crippen molar-refractivity contribution in [2.24, 2.45) is 0 Å². The lowest BCUT2D eigenvalue weighted by molar-refractivity contribution is -0.151. The fourth-order valence-electron chi connectivity index (χ4n) is 8.74. The number of amides is 5. The lowest BCUT2D eigenvalue weighted by Crippen LogP contribution is -2.71. The van der Waals surface area contributed by atoms with Gasteiger partial charge in [0.2, 0.25) is 11.8 Å². The summed E-state index contributed by atoms with van der Waals surface area (Å²) in [4.78, 5) is 176. The normalized spacial score (nSPS) is 14.3. The van der Waals surface area contributed by atoms with Gasteiger partial charge >= 0.3 is 42.5 Å². The van der Waals surface area contributed by atoms with Crippen molar-refractivity contribution in [3.05, 3.63) is 133 Å². The molecule has 5 aromatic rings. The van der Waals surface area contributed by atoms with Gasteiger partial charge in [-0.05, 0) is 54.8 Å². The molecule has 0 radical (unpaired) electrons. The van der Waals surface area contributed by atoms with Gasteiger partial charge in [-0.3, -0.25) is 33.7 Å². The Hall–Kier alpha value is -10.6. The Labute approximate surface area is 504 Å². The number of rotatable bonds is 22. The van der Waals surface area contributed by atoms with Crippen molar-refractivity contribution >= 4 is 101 Å². The zero-order valence-electron chi connectivity index (χ0n) is 46.8. The predicted molar refractivity (Wildman–Crippen MR) is 299 cm³/mol. The largest absolute Gasteiger partial charge is 0.513 e. The standard InChI is InChI=1S/C55H51ClN6O25S/c1-77-51(72)82-33-19-11-18-31-40(33)85-50(71)61(46(31)67)25-13-23-59(44(65)29-16-9-20-34(83-52(73)78-2)41(29)86-54(75)80-4)22-12-24-60(45(66)30-17-10-21-35(84-53(74)79-3)42(30)87-55(76)81-5)26-36(63)57-37(28-14-7-6-8-15-28)43(64)58-38-47(68)62-39(49(69)70)32(56)27-88-48(38)62/h6-11,14-21,37-38,48H,12-13,22-27H2,1-5H3,(H,57,63)(H,58,64)(H,69,70)/t37?,38-,48-/m1/s1. The van der Waals surface area contributed by atoms with Gasteiger partial charge in [0, 0.05) is 31.9 Å². The van der Waals surface area contributed by atoms with Crippen molar-refractivity contribution in [2.75, 3.05) is 67.5 Å². The summed E-state index contributed by atoms with van der Waals surface area (Å²) in [7, 11) is 4.85. The molecule has 3 atom stereocenters. The van der Waals surface area contributed by atoms with E-state index in [9.17, 15) is 62.6 Å². The lowest BCUT2D eigenvalue weighted by atomic mass is 10.0. The van der Waals surface area contributed by atoms with Crippen LogP contribution in [0.3, 0.4) is 0 Å². The molecule has 3 N–H and O–H groups in total. The van der Waals surface area contributed by atoms with E-state index < -0.39 is 161 Å². The Bertz CT molecular complexity index is 3740. The van der Waals surface area contributed by atoms with Crippen molar-refractivity contribution in [1.82, 2.24) is 29.9 Å². The first kappa shape index (κ1) is 64.9. The second kappa shape index (κ2) is 29.5. The number of hydrogen-bond acceptors (Lipinski definition) is 25. The summed E-state index contributed by atoms with van der Waals surface area (Å²) in [5.41, 5.74) is -2.55. The number of aromatic nitrogens is 1. The van der Waals surface area contributed by atoms with Crippen LogP contribution in [0.4, 0.5) is 24.0 Å². The van der Waals surface area contributed by atoms with Crippen molar-refractivity contribution < 1.29 is 110 Å². The molecule has 1 aromatic heterocycles. The Morgan fingerprint density at radius 1 is 0.648 bits per heavy atom. The summed E-state index contributed by atoms with van der Waals surface area (Å²) >= 11 is 7.23. The fourth-order valence-corrected chi connectivity index (χ4v) is 10.3. The molecule has 7 rings (SSSR count). The van der Waals surface area contributed by atoms with Crippen LogP contribution in [0, 0.1) is 0 Å². The molecule has 88 heavy (non-hydrogen) atoms. The zero-order chi connectivity index (χ0) is 63.9. The van der Waals surface area contributed by atoms with E-state index in [1.54, 1.807) is 6.07 Å². The molecule has 0 spiro atoms. The summed E-state index contributed by atoms with van der Waals surface area (Å²) in [5, 5.41) is 13.7. The number of carboxylic acids is 1. The molecule has 33 heteroatoms. The van der Waals surface area contributed by atoms with Gasteiger partial charge in [0.05, 0.1) is 63.6 Å².